The molecule has 0 aromatic carbocycles. The van der Waals surface area contributed by atoms with Crippen LogP contribution in [-0.2, 0) is 13.5 Å². The summed E-state index contributed by atoms with van der Waals surface area (Å²) >= 11 is 5.27. The quantitative estimate of drug-likeness (QED) is 0.879. The lowest BCUT2D eigenvalue weighted by Gasteiger charge is -2.16. The molecule has 0 fully saturated rings. The zero-order chi connectivity index (χ0) is 13.0. The molecule has 0 radical (unpaired) electrons. The van der Waals surface area contributed by atoms with Crippen LogP contribution in [0.25, 0.3) is 0 Å². The summed E-state index contributed by atoms with van der Waals surface area (Å²) in [7, 11) is 2.00. The normalized spacial score (nSPS) is 12.8. The standard InChI is InChI=1S/C13H18BrN3S/c1-3-15-12(10-8-13(14)18-9-10)5-4-11-6-7-16-17(11)2/h6-9,12,15H,3-5H2,1-2H3. The van der Waals surface area contributed by atoms with Gasteiger partial charge in [0.05, 0.1) is 3.79 Å². The molecule has 3 nitrogen and oxygen atoms in total. The highest BCUT2D eigenvalue weighted by atomic mass is 79.9. The number of aryl methyl sites for hydroxylation is 2. The molecule has 98 valence electrons. The van der Waals surface area contributed by atoms with Crippen molar-refractivity contribution < 1.29 is 0 Å². The molecular weight excluding hydrogens is 310 g/mol. The Bertz CT molecular complexity index is 492. The first-order chi connectivity index (χ1) is 8.70. The van der Waals surface area contributed by atoms with Gasteiger partial charge in [-0.15, -0.1) is 11.3 Å². The molecule has 0 saturated carbocycles. The lowest BCUT2D eigenvalue weighted by Crippen LogP contribution is -2.21. The van der Waals surface area contributed by atoms with E-state index in [1.54, 1.807) is 11.3 Å². The van der Waals surface area contributed by atoms with Crippen LogP contribution >= 0.6 is 27.3 Å². The van der Waals surface area contributed by atoms with Gasteiger partial charge in [-0.3, -0.25) is 4.68 Å². The number of nitrogens with zero attached hydrogens (tertiary/aromatic N) is 2. The summed E-state index contributed by atoms with van der Waals surface area (Å²) in [5.74, 6) is 0. The minimum absolute atomic E-state index is 0.424. The predicted molar refractivity (Wildman–Crippen MR) is 80.0 cm³/mol. The maximum atomic E-state index is 4.21. The van der Waals surface area contributed by atoms with Gasteiger partial charge in [-0.25, -0.2) is 0 Å². The van der Waals surface area contributed by atoms with E-state index in [1.165, 1.54) is 15.0 Å². The van der Waals surface area contributed by atoms with Gasteiger partial charge in [0.1, 0.15) is 0 Å². The average molecular weight is 328 g/mol. The minimum Gasteiger partial charge on any atom is -0.310 e. The highest BCUT2D eigenvalue weighted by Gasteiger charge is 2.12. The largest absolute Gasteiger partial charge is 0.310 e. The molecule has 2 aromatic heterocycles. The zero-order valence-corrected chi connectivity index (χ0v) is 13.1. The van der Waals surface area contributed by atoms with Crippen LogP contribution in [0.1, 0.15) is 30.6 Å². The maximum absolute atomic E-state index is 4.21. The van der Waals surface area contributed by atoms with Crippen molar-refractivity contribution in [3.05, 3.63) is 38.8 Å². The molecule has 18 heavy (non-hydrogen) atoms. The number of halogens is 1. The lowest BCUT2D eigenvalue weighted by atomic mass is 10.0. The third-order valence-electron chi connectivity index (χ3n) is 3.05. The molecule has 2 aromatic rings. The summed E-state index contributed by atoms with van der Waals surface area (Å²) in [6.07, 6.45) is 4.00. The Labute approximate surface area is 120 Å². The van der Waals surface area contributed by atoms with Crippen LogP contribution in [0.15, 0.2) is 27.5 Å². The summed E-state index contributed by atoms with van der Waals surface area (Å²) in [4.78, 5) is 0. The summed E-state index contributed by atoms with van der Waals surface area (Å²) in [5, 5.41) is 9.98. The first kappa shape index (κ1) is 13.8. The van der Waals surface area contributed by atoms with E-state index in [1.807, 2.05) is 17.9 Å². The smallest absolute Gasteiger partial charge is 0.0701 e. The van der Waals surface area contributed by atoms with Gasteiger partial charge in [-0.1, -0.05) is 6.92 Å². The lowest BCUT2D eigenvalue weighted by molar-refractivity contribution is 0.507. The molecule has 0 bridgehead atoms. The van der Waals surface area contributed by atoms with Crippen LogP contribution in [0.3, 0.4) is 0 Å². The molecule has 0 saturated heterocycles. The van der Waals surface area contributed by atoms with E-state index >= 15 is 0 Å². The average Bonchev–Trinajstić information content (AvgIpc) is 2.94. The molecule has 2 rings (SSSR count). The predicted octanol–water partition coefficient (Wildman–Crippen LogP) is 3.53. The van der Waals surface area contributed by atoms with Crippen LogP contribution in [0, 0.1) is 0 Å². The van der Waals surface area contributed by atoms with E-state index in [9.17, 15) is 0 Å². The molecule has 1 unspecified atom stereocenters. The number of hydrogen-bond acceptors (Lipinski definition) is 3. The minimum atomic E-state index is 0.424. The second-order valence-electron chi connectivity index (χ2n) is 4.28. The number of hydrogen-bond donors (Lipinski definition) is 1. The van der Waals surface area contributed by atoms with Gasteiger partial charge in [-0.05, 0) is 58.4 Å². The van der Waals surface area contributed by atoms with Gasteiger partial charge in [0, 0.05) is 25.0 Å². The maximum Gasteiger partial charge on any atom is 0.0701 e. The van der Waals surface area contributed by atoms with Gasteiger partial charge in [0.15, 0.2) is 0 Å². The highest BCUT2D eigenvalue weighted by molar-refractivity contribution is 9.11. The second-order valence-corrected chi connectivity index (χ2v) is 6.57. The molecule has 2 heterocycles. The Morgan fingerprint density at radius 3 is 2.94 bits per heavy atom. The summed E-state index contributed by atoms with van der Waals surface area (Å²) in [5.41, 5.74) is 2.66. The van der Waals surface area contributed by atoms with Crippen LogP contribution in [0.5, 0.6) is 0 Å². The van der Waals surface area contributed by atoms with Crippen molar-refractivity contribution in [1.82, 2.24) is 15.1 Å². The zero-order valence-electron chi connectivity index (χ0n) is 10.7. The topological polar surface area (TPSA) is 29.9 Å². The van der Waals surface area contributed by atoms with Crippen LogP contribution < -0.4 is 5.32 Å². The van der Waals surface area contributed by atoms with Gasteiger partial charge in [0.25, 0.3) is 0 Å². The van der Waals surface area contributed by atoms with Crippen molar-refractivity contribution in [2.75, 3.05) is 6.54 Å². The number of aromatic nitrogens is 2. The SMILES string of the molecule is CCNC(CCc1ccnn1C)c1csc(Br)c1. The fraction of sp³-hybridized carbons (Fsp3) is 0.462. The van der Waals surface area contributed by atoms with Crippen molar-refractivity contribution >= 4 is 27.3 Å². The van der Waals surface area contributed by atoms with E-state index in [-0.39, 0.29) is 0 Å². The molecular formula is C13H18BrN3S. The van der Waals surface area contributed by atoms with Crippen LogP contribution in [0.4, 0.5) is 0 Å². The van der Waals surface area contributed by atoms with Crippen molar-refractivity contribution in [2.45, 2.75) is 25.8 Å². The molecule has 0 aliphatic carbocycles. The molecule has 0 aliphatic rings. The first-order valence-electron chi connectivity index (χ1n) is 6.15. The van der Waals surface area contributed by atoms with E-state index in [4.69, 9.17) is 0 Å². The summed E-state index contributed by atoms with van der Waals surface area (Å²) < 4.78 is 3.15. The monoisotopic (exact) mass is 327 g/mol. The fourth-order valence-corrected chi connectivity index (χ4v) is 3.31. The Morgan fingerprint density at radius 1 is 1.56 bits per heavy atom. The Balaban J connectivity index is 2.01. The fourth-order valence-electron chi connectivity index (χ4n) is 2.08. The third kappa shape index (κ3) is 3.43. The van der Waals surface area contributed by atoms with Gasteiger partial charge < -0.3 is 5.32 Å². The van der Waals surface area contributed by atoms with E-state index in [0.717, 1.165) is 19.4 Å². The van der Waals surface area contributed by atoms with E-state index < -0.39 is 0 Å². The van der Waals surface area contributed by atoms with Crippen molar-refractivity contribution in [1.29, 1.82) is 0 Å². The van der Waals surface area contributed by atoms with E-state index in [2.05, 4.69) is 50.8 Å². The Morgan fingerprint density at radius 2 is 2.39 bits per heavy atom. The van der Waals surface area contributed by atoms with Gasteiger partial charge in [0.2, 0.25) is 0 Å². The van der Waals surface area contributed by atoms with Crippen molar-refractivity contribution in [2.24, 2.45) is 7.05 Å². The molecule has 0 aliphatic heterocycles. The first-order valence-corrected chi connectivity index (χ1v) is 7.82. The van der Waals surface area contributed by atoms with Crippen molar-refractivity contribution in [3.63, 3.8) is 0 Å². The second kappa shape index (κ2) is 6.50. The molecule has 1 atom stereocenters. The van der Waals surface area contributed by atoms with Crippen LogP contribution in [0.2, 0.25) is 0 Å². The van der Waals surface area contributed by atoms with Gasteiger partial charge >= 0.3 is 0 Å². The number of nitrogens with one attached hydrogen (secondary N) is 1. The molecule has 1 N–H and O–H groups in total. The molecule has 0 spiro atoms. The summed E-state index contributed by atoms with van der Waals surface area (Å²) in [6, 6.07) is 4.72. The van der Waals surface area contributed by atoms with Gasteiger partial charge in [-0.2, -0.15) is 5.10 Å². The summed E-state index contributed by atoms with van der Waals surface area (Å²) in [6.45, 7) is 3.14. The Hall–Kier alpha value is -0.650. The molecule has 5 heteroatoms. The number of rotatable bonds is 6. The van der Waals surface area contributed by atoms with Crippen molar-refractivity contribution in [3.8, 4) is 0 Å². The van der Waals surface area contributed by atoms with E-state index in [0.29, 0.717) is 6.04 Å². The third-order valence-corrected chi connectivity index (χ3v) is 4.57. The highest BCUT2D eigenvalue weighted by Crippen LogP contribution is 2.27. The molecule has 0 amide bonds. The van der Waals surface area contributed by atoms with Crippen LogP contribution in [-0.4, -0.2) is 16.3 Å². The number of thiophene rings is 1. The Kier molecular flexibility index (Phi) is 4.97.